The lowest BCUT2D eigenvalue weighted by atomic mass is 10.1. The molecule has 5 nitrogen and oxygen atoms in total. The van der Waals surface area contributed by atoms with E-state index in [2.05, 4.69) is 5.32 Å². The average Bonchev–Trinajstić information content (AvgIpc) is 2.60. The van der Waals surface area contributed by atoms with E-state index in [4.69, 9.17) is 9.84 Å². The molecule has 2 N–H and O–H groups in total. The Morgan fingerprint density at radius 3 is 2.47 bits per heavy atom. The molecule has 106 valence electrons. The van der Waals surface area contributed by atoms with Crippen LogP contribution in [0.25, 0.3) is 0 Å². The molecule has 0 bridgehead atoms. The Hall–Kier alpha value is -1.56. The minimum absolute atomic E-state index is 0.254. The molecule has 1 rings (SSSR count). The zero-order chi connectivity index (χ0) is 14.6. The quantitative estimate of drug-likeness (QED) is 0.891. The van der Waals surface area contributed by atoms with Crippen LogP contribution in [0.2, 0.25) is 0 Å². The van der Waals surface area contributed by atoms with Crippen molar-refractivity contribution in [3.8, 4) is 0 Å². The van der Waals surface area contributed by atoms with E-state index in [1.54, 1.807) is 20.8 Å². The van der Waals surface area contributed by atoms with Crippen LogP contribution in [0.15, 0.2) is 10.8 Å². The summed E-state index contributed by atoms with van der Waals surface area (Å²) in [4.78, 5) is 22.8. The molecule has 1 atom stereocenters. The van der Waals surface area contributed by atoms with Gasteiger partial charge in [-0.05, 0) is 49.6 Å². The molecule has 1 aromatic rings. The summed E-state index contributed by atoms with van der Waals surface area (Å²) in [5.41, 5.74) is 1.31. The third-order valence-corrected chi connectivity index (χ3v) is 3.28. The highest BCUT2D eigenvalue weighted by Gasteiger charge is 2.24. The molecule has 1 amide bonds. The van der Waals surface area contributed by atoms with E-state index in [1.165, 1.54) is 11.3 Å². The smallest absolute Gasteiger partial charge is 0.408 e. The zero-order valence-electron chi connectivity index (χ0n) is 11.5. The van der Waals surface area contributed by atoms with Crippen LogP contribution in [0.3, 0.4) is 0 Å². The Kier molecular flexibility index (Phi) is 4.94. The van der Waals surface area contributed by atoms with Crippen molar-refractivity contribution in [3.63, 3.8) is 0 Å². The van der Waals surface area contributed by atoms with Gasteiger partial charge in [-0.1, -0.05) is 0 Å². The van der Waals surface area contributed by atoms with Crippen LogP contribution in [-0.4, -0.2) is 28.8 Å². The summed E-state index contributed by atoms with van der Waals surface area (Å²) in [6.45, 7) is 7.10. The van der Waals surface area contributed by atoms with Gasteiger partial charge in [0.2, 0.25) is 0 Å². The number of nitrogens with one attached hydrogen (secondary N) is 1. The van der Waals surface area contributed by atoms with Gasteiger partial charge in [0.15, 0.2) is 0 Å². The van der Waals surface area contributed by atoms with Crippen molar-refractivity contribution in [2.75, 3.05) is 0 Å². The van der Waals surface area contributed by atoms with Crippen molar-refractivity contribution in [1.82, 2.24) is 5.32 Å². The normalized spacial score (nSPS) is 12.8. The van der Waals surface area contributed by atoms with Crippen molar-refractivity contribution in [1.29, 1.82) is 0 Å². The van der Waals surface area contributed by atoms with Gasteiger partial charge in [-0.2, -0.15) is 11.3 Å². The number of hydrogen-bond donors (Lipinski definition) is 2. The predicted octanol–water partition coefficient (Wildman–Crippen LogP) is 2.58. The van der Waals surface area contributed by atoms with Crippen LogP contribution in [0.1, 0.15) is 31.9 Å². The van der Waals surface area contributed by atoms with Gasteiger partial charge in [0.25, 0.3) is 0 Å². The average molecular weight is 285 g/mol. The van der Waals surface area contributed by atoms with E-state index in [0.717, 1.165) is 11.1 Å². The number of alkyl carbamates (subject to hydrolysis) is 1. The first-order chi connectivity index (χ1) is 8.69. The lowest BCUT2D eigenvalue weighted by Crippen LogP contribution is -2.44. The molecule has 6 heteroatoms. The Morgan fingerprint density at radius 2 is 2.05 bits per heavy atom. The maximum atomic E-state index is 11.6. The lowest BCUT2D eigenvalue weighted by molar-refractivity contribution is -0.139. The van der Waals surface area contributed by atoms with Crippen molar-refractivity contribution >= 4 is 23.4 Å². The number of aryl methyl sites for hydroxylation is 1. The second kappa shape index (κ2) is 6.06. The monoisotopic (exact) mass is 285 g/mol. The largest absolute Gasteiger partial charge is 0.480 e. The number of ether oxygens (including phenoxy) is 1. The number of hydrogen-bond acceptors (Lipinski definition) is 4. The van der Waals surface area contributed by atoms with E-state index in [0.29, 0.717) is 0 Å². The van der Waals surface area contributed by atoms with Crippen LogP contribution >= 0.6 is 11.3 Å². The van der Waals surface area contributed by atoms with E-state index in [1.807, 2.05) is 17.7 Å². The van der Waals surface area contributed by atoms with Crippen LogP contribution in [-0.2, 0) is 16.0 Å². The zero-order valence-corrected chi connectivity index (χ0v) is 12.3. The fourth-order valence-electron chi connectivity index (χ4n) is 1.47. The van der Waals surface area contributed by atoms with Crippen molar-refractivity contribution in [3.05, 3.63) is 21.9 Å². The second-order valence-corrected chi connectivity index (χ2v) is 6.06. The molecule has 0 fully saturated rings. The molecular formula is C13H19NO4S. The summed E-state index contributed by atoms with van der Waals surface area (Å²) in [7, 11) is 0. The maximum Gasteiger partial charge on any atom is 0.408 e. The van der Waals surface area contributed by atoms with Gasteiger partial charge in [-0.25, -0.2) is 9.59 Å². The molecule has 0 aliphatic heterocycles. The maximum absolute atomic E-state index is 11.6. The Morgan fingerprint density at radius 1 is 1.42 bits per heavy atom. The third-order valence-electron chi connectivity index (χ3n) is 2.37. The van der Waals surface area contributed by atoms with Crippen LogP contribution in [0.5, 0.6) is 0 Å². The highest BCUT2D eigenvalue weighted by Crippen LogP contribution is 2.16. The molecule has 0 saturated heterocycles. The van der Waals surface area contributed by atoms with Gasteiger partial charge >= 0.3 is 12.1 Å². The van der Waals surface area contributed by atoms with Gasteiger partial charge in [0, 0.05) is 6.42 Å². The molecule has 0 spiro atoms. The molecule has 0 aliphatic carbocycles. The summed E-state index contributed by atoms with van der Waals surface area (Å²) >= 11 is 1.51. The molecule has 1 unspecified atom stereocenters. The Bertz CT molecular complexity index is 461. The van der Waals surface area contributed by atoms with Gasteiger partial charge in [0.1, 0.15) is 11.6 Å². The number of carbonyl (C=O) groups excluding carboxylic acids is 1. The van der Waals surface area contributed by atoms with E-state index < -0.39 is 23.7 Å². The third kappa shape index (κ3) is 5.30. The van der Waals surface area contributed by atoms with Gasteiger partial charge in [-0.3, -0.25) is 0 Å². The fourth-order valence-corrected chi connectivity index (χ4v) is 2.34. The van der Waals surface area contributed by atoms with Crippen LogP contribution in [0.4, 0.5) is 4.79 Å². The topological polar surface area (TPSA) is 75.6 Å². The van der Waals surface area contributed by atoms with E-state index >= 15 is 0 Å². The van der Waals surface area contributed by atoms with E-state index in [9.17, 15) is 9.59 Å². The molecule has 0 saturated carbocycles. The highest BCUT2D eigenvalue weighted by molar-refractivity contribution is 7.08. The lowest BCUT2D eigenvalue weighted by Gasteiger charge is -2.22. The SMILES string of the molecule is Cc1cscc1CC(NC(=O)OC(C)(C)C)C(=O)O. The summed E-state index contributed by atoms with van der Waals surface area (Å²) in [5, 5.41) is 15.4. The summed E-state index contributed by atoms with van der Waals surface area (Å²) < 4.78 is 5.06. The number of aliphatic carboxylic acids is 1. The van der Waals surface area contributed by atoms with E-state index in [-0.39, 0.29) is 6.42 Å². The van der Waals surface area contributed by atoms with Crippen molar-refractivity contribution in [2.45, 2.75) is 45.8 Å². The number of carbonyl (C=O) groups is 2. The molecule has 0 radical (unpaired) electrons. The van der Waals surface area contributed by atoms with Gasteiger partial charge in [-0.15, -0.1) is 0 Å². The van der Waals surface area contributed by atoms with Gasteiger partial charge in [0.05, 0.1) is 0 Å². The molecule has 0 aromatic carbocycles. The molecule has 1 heterocycles. The van der Waals surface area contributed by atoms with Crippen molar-refractivity contribution in [2.24, 2.45) is 0 Å². The van der Waals surface area contributed by atoms with Crippen LogP contribution < -0.4 is 5.32 Å². The second-order valence-electron chi connectivity index (χ2n) is 5.32. The highest BCUT2D eigenvalue weighted by atomic mass is 32.1. The van der Waals surface area contributed by atoms with Crippen molar-refractivity contribution < 1.29 is 19.4 Å². The van der Waals surface area contributed by atoms with Crippen LogP contribution in [0, 0.1) is 6.92 Å². The number of amides is 1. The minimum Gasteiger partial charge on any atom is -0.480 e. The summed E-state index contributed by atoms with van der Waals surface area (Å²) in [6, 6.07) is -0.983. The fraction of sp³-hybridized carbons (Fsp3) is 0.538. The predicted molar refractivity (Wildman–Crippen MR) is 73.6 cm³/mol. The Balaban J connectivity index is 2.67. The first-order valence-electron chi connectivity index (χ1n) is 5.93. The standard InChI is InChI=1S/C13H19NO4S/c1-8-6-19-7-9(8)5-10(11(15)16)14-12(17)18-13(2,3)4/h6-7,10H,5H2,1-4H3,(H,14,17)(H,15,16). The number of thiophene rings is 1. The summed E-state index contributed by atoms with van der Waals surface area (Å²) in [5.74, 6) is -1.07. The molecular weight excluding hydrogens is 266 g/mol. The summed E-state index contributed by atoms with van der Waals surface area (Å²) in [6.07, 6.45) is -0.461. The first kappa shape index (κ1) is 15.5. The minimum atomic E-state index is -1.07. The number of carboxylic acid groups (broad SMARTS) is 1. The molecule has 1 aromatic heterocycles. The van der Waals surface area contributed by atoms with Gasteiger partial charge < -0.3 is 15.2 Å². The first-order valence-corrected chi connectivity index (χ1v) is 6.87. The number of rotatable bonds is 4. The molecule has 0 aliphatic rings. The molecule has 19 heavy (non-hydrogen) atoms. The number of carboxylic acids is 1. The Labute approximate surface area is 116 Å².